The van der Waals surface area contributed by atoms with Crippen LogP contribution in [0.25, 0.3) is 22.3 Å². The van der Waals surface area contributed by atoms with E-state index in [2.05, 4.69) is 22.2 Å². The number of thiazole rings is 1. The van der Waals surface area contributed by atoms with Crippen LogP contribution in [0.3, 0.4) is 0 Å². The third-order valence-electron chi connectivity index (χ3n) is 9.62. The van der Waals surface area contributed by atoms with E-state index in [0.29, 0.717) is 57.7 Å². The van der Waals surface area contributed by atoms with Gasteiger partial charge in [0.15, 0.2) is 5.13 Å². The van der Waals surface area contributed by atoms with Gasteiger partial charge in [-0.1, -0.05) is 18.9 Å². The van der Waals surface area contributed by atoms with E-state index in [-0.39, 0.29) is 24.8 Å². The summed E-state index contributed by atoms with van der Waals surface area (Å²) in [6.45, 7) is 9.08. The molecular formula is C37H45N5O8S. The predicted octanol–water partition coefficient (Wildman–Crippen LogP) is 5.88. The van der Waals surface area contributed by atoms with E-state index < -0.39 is 41.3 Å². The second kappa shape index (κ2) is 14.5. The van der Waals surface area contributed by atoms with Crippen molar-refractivity contribution in [3.05, 3.63) is 42.3 Å². The number of ether oxygens (including phenoxy) is 4. The first kappa shape index (κ1) is 36.1. The summed E-state index contributed by atoms with van der Waals surface area (Å²) in [5.74, 6) is 0.0618. The molecule has 1 saturated heterocycles. The summed E-state index contributed by atoms with van der Waals surface area (Å²) in [6.07, 6.45) is 5.77. The molecule has 14 heteroatoms. The second-order valence-corrected chi connectivity index (χ2v) is 15.3. The Balaban J connectivity index is 1.27. The SMILES string of the molecule is C=CC1C[C@]1(NC(=O)[C@@H]1C[C@@H](Oc2cc(-c3csc(NC(=O)CC4CCCC4)n3)nc3cc(OC)ccc23)CN1C(=O)OC(C)(C)C)C(=O)OC. The van der Waals surface area contributed by atoms with E-state index in [1.807, 2.05) is 11.4 Å². The topological polar surface area (TPSA) is 158 Å². The maximum atomic E-state index is 13.8. The number of nitrogens with one attached hydrogen (secondary N) is 2. The van der Waals surface area contributed by atoms with E-state index in [1.165, 1.54) is 36.2 Å². The summed E-state index contributed by atoms with van der Waals surface area (Å²) in [4.78, 5) is 63.6. The molecule has 1 aliphatic heterocycles. The number of fused-ring (bicyclic) bond motifs is 1. The monoisotopic (exact) mass is 719 g/mol. The average Bonchev–Trinajstić information content (AvgIpc) is 3.52. The van der Waals surface area contributed by atoms with E-state index >= 15 is 0 Å². The molecular weight excluding hydrogens is 675 g/mol. The molecule has 51 heavy (non-hydrogen) atoms. The van der Waals surface area contributed by atoms with Crippen molar-refractivity contribution < 1.29 is 38.1 Å². The lowest BCUT2D eigenvalue weighted by atomic mass is 10.0. The minimum absolute atomic E-state index is 0.0448. The number of carbonyl (C=O) groups is 4. The Morgan fingerprint density at radius 2 is 1.86 bits per heavy atom. The summed E-state index contributed by atoms with van der Waals surface area (Å²) in [5, 5.41) is 8.79. The molecule has 2 aromatic heterocycles. The molecule has 2 N–H and O–H groups in total. The third kappa shape index (κ3) is 7.95. The maximum Gasteiger partial charge on any atom is 0.411 e. The molecule has 3 aliphatic rings. The number of hydrogen-bond acceptors (Lipinski definition) is 11. The van der Waals surface area contributed by atoms with Gasteiger partial charge in [-0.3, -0.25) is 14.5 Å². The van der Waals surface area contributed by atoms with Gasteiger partial charge >= 0.3 is 12.1 Å². The van der Waals surface area contributed by atoms with Crippen molar-refractivity contribution in [2.45, 2.75) is 89.0 Å². The van der Waals surface area contributed by atoms with Gasteiger partial charge in [0.25, 0.3) is 0 Å². The van der Waals surface area contributed by atoms with Crippen molar-refractivity contribution >= 4 is 51.2 Å². The number of carbonyl (C=O) groups excluding carboxylic acids is 4. The van der Waals surface area contributed by atoms with Gasteiger partial charge in [0, 0.05) is 41.7 Å². The first-order valence-electron chi connectivity index (χ1n) is 17.3. The van der Waals surface area contributed by atoms with Gasteiger partial charge in [-0.15, -0.1) is 17.9 Å². The highest BCUT2D eigenvalue weighted by molar-refractivity contribution is 7.14. The second-order valence-electron chi connectivity index (χ2n) is 14.5. The van der Waals surface area contributed by atoms with Crippen LogP contribution in [-0.2, 0) is 23.9 Å². The van der Waals surface area contributed by atoms with Gasteiger partial charge in [0.2, 0.25) is 11.8 Å². The molecule has 1 aromatic carbocycles. The van der Waals surface area contributed by atoms with E-state index in [0.717, 1.165) is 12.8 Å². The van der Waals surface area contributed by atoms with Crippen molar-refractivity contribution in [3.63, 3.8) is 0 Å². The Morgan fingerprint density at radius 1 is 1.10 bits per heavy atom. The van der Waals surface area contributed by atoms with Crippen LogP contribution in [0.1, 0.15) is 65.7 Å². The first-order valence-corrected chi connectivity index (χ1v) is 18.1. The lowest BCUT2D eigenvalue weighted by molar-refractivity contribution is -0.147. The molecule has 3 fully saturated rings. The van der Waals surface area contributed by atoms with Gasteiger partial charge in [-0.05, 0) is 58.1 Å². The van der Waals surface area contributed by atoms with E-state index in [1.54, 1.807) is 52.2 Å². The molecule has 6 rings (SSSR count). The van der Waals surface area contributed by atoms with Gasteiger partial charge in [-0.2, -0.15) is 0 Å². The molecule has 1 unspecified atom stereocenters. The Labute approximate surface area is 301 Å². The van der Waals surface area contributed by atoms with Gasteiger partial charge in [0.1, 0.15) is 40.5 Å². The van der Waals surface area contributed by atoms with Crippen LogP contribution in [0, 0.1) is 11.8 Å². The average molecular weight is 720 g/mol. The van der Waals surface area contributed by atoms with Crippen LogP contribution in [0.15, 0.2) is 42.3 Å². The number of rotatable bonds is 11. The molecule has 3 heterocycles. The summed E-state index contributed by atoms with van der Waals surface area (Å²) in [6, 6.07) is 6.21. The van der Waals surface area contributed by atoms with E-state index in [4.69, 9.17) is 23.9 Å². The summed E-state index contributed by atoms with van der Waals surface area (Å²) >= 11 is 1.32. The zero-order valence-electron chi connectivity index (χ0n) is 29.7. The highest BCUT2D eigenvalue weighted by atomic mass is 32.1. The molecule has 2 aliphatic carbocycles. The van der Waals surface area contributed by atoms with E-state index in [9.17, 15) is 19.2 Å². The molecule has 0 bridgehead atoms. The Morgan fingerprint density at radius 3 is 2.53 bits per heavy atom. The molecule has 272 valence electrons. The highest BCUT2D eigenvalue weighted by Gasteiger charge is 2.62. The zero-order valence-corrected chi connectivity index (χ0v) is 30.5. The fourth-order valence-electron chi connectivity index (χ4n) is 6.95. The fraction of sp³-hybridized carbons (Fsp3) is 0.514. The lowest BCUT2D eigenvalue weighted by Crippen LogP contribution is -2.53. The quantitative estimate of drug-likeness (QED) is 0.181. The molecule has 0 radical (unpaired) electrons. The third-order valence-corrected chi connectivity index (χ3v) is 10.4. The fourth-order valence-corrected chi connectivity index (χ4v) is 7.67. The molecule has 0 spiro atoms. The molecule has 4 atom stereocenters. The number of methoxy groups -OCH3 is 2. The van der Waals surface area contributed by atoms with Crippen LogP contribution in [-0.4, -0.2) is 82.8 Å². The lowest BCUT2D eigenvalue weighted by Gasteiger charge is -2.28. The number of amides is 3. The Hall–Kier alpha value is -4.72. The largest absolute Gasteiger partial charge is 0.497 e. The van der Waals surface area contributed by atoms with Gasteiger partial charge in [0.05, 0.1) is 32.0 Å². The molecule has 3 aromatic rings. The Bertz CT molecular complexity index is 1830. The zero-order chi connectivity index (χ0) is 36.5. The van der Waals surface area contributed by atoms with Crippen LogP contribution >= 0.6 is 11.3 Å². The summed E-state index contributed by atoms with van der Waals surface area (Å²) in [7, 11) is 2.84. The molecule has 13 nitrogen and oxygen atoms in total. The maximum absolute atomic E-state index is 13.8. The van der Waals surface area contributed by atoms with Crippen molar-refractivity contribution in [3.8, 4) is 22.9 Å². The first-order chi connectivity index (χ1) is 24.3. The van der Waals surface area contributed by atoms with Crippen LogP contribution < -0.4 is 20.1 Å². The van der Waals surface area contributed by atoms with Gasteiger partial charge in [-0.25, -0.2) is 19.6 Å². The highest BCUT2D eigenvalue weighted by Crippen LogP contribution is 2.46. The molecule has 3 amide bonds. The smallest absolute Gasteiger partial charge is 0.411 e. The summed E-state index contributed by atoms with van der Waals surface area (Å²) in [5.41, 5.74) is -0.393. The predicted molar refractivity (Wildman–Crippen MR) is 192 cm³/mol. The number of pyridine rings is 1. The van der Waals surface area contributed by atoms with Crippen LogP contribution in [0.2, 0.25) is 0 Å². The van der Waals surface area contributed by atoms with Crippen molar-refractivity contribution in [2.24, 2.45) is 11.8 Å². The number of nitrogens with zero attached hydrogens (tertiary/aromatic N) is 3. The minimum Gasteiger partial charge on any atom is -0.497 e. The number of anilines is 1. The normalized spacial score (nSPS) is 23.1. The molecule has 2 saturated carbocycles. The number of hydrogen-bond donors (Lipinski definition) is 2. The van der Waals surface area contributed by atoms with Crippen LogP contribution in [0.5, 0.6) is 11.5 Å². The van der Waals surface area contributed by atoms with Crippen LogP contribution in [0.4, 0.5) is 9.93 Å². The number of likely N-dealkylation sites (tertiary alicyclic amines) is 1. The standard InChI is InChI=1S/C37H45N5O8S/c1-7-22-18-37(22,33(45)48-6)41-32(44)29-16-24(19-42(29)35(46)50-36(2,3)4)49-30-17-27(38-26-15-23(47-5)12-13-25(26)30)28-20-51-34(39-28)40-31(43)14-21-10-8-9-11-21/h7,12-13,15,17,20-22,24,29H,1,8-11,14,16,18-19H2,2-6H3,(H,41,44)(H,39,40,43)/t22?,24-,29+,37-/m1/s1. The Kier molecular flexibility index (Phi) is 10.3. The van der Waals surface area contributed by atoms with Crippen molar-refractivity contribution in [1.82, 2.24) is 20.2 Å². The summed E-state index contributed by atoms with van der Waals surface area (Å²) < 4.78 is 22.7. The number of esters is 1. The number of aromatic nitrogens is 2. The van der Waals surface area contributed by atoms with Crippen molar-refractivity contribution in [1.29, 1.82) is 0 Å². The number of benzene rings is 1. The minimum atomic E-state index is -1.23. The van der Waals surface area contributed by atoms with Crippen molar-refractivity contribution in [2.75, 3.05) is 26.1 Å². The van der Waals surface area contributed by atoms with Gasteiger partial charge < -0.3 is 29.6 Å².